The molecule has 0 aliphatic carbocycles. The number of fused-ring (bicyclic) bond motifs is 1. The number of hydrogen-bond acceptors (Lipinski definition) is 4. The predicted molar refractivity (Wildman–Crippen MR) is 101 cm³/mol. The number of anilines is 2. The van der Waals surface area contributed by atoms with Gasteiger partial charge in [0.25, 0.3) is 0 Å². The quantitative estimate of drug-likeness (QED) is 0.598. The van der Waals surface area contributed by atoms with Crippen LogP contribution in [0.5, 0.6) is 0 Å². The highest BCUT2D eigenvalue weighted by Crippen LogP contribution is 2.15. The zero-order valence-electron chi connectivity index (χ0n) is 13.5. The van der Waals surface area contributed by atoms with Crippen LogP contribution < -0.4 is 15.4 Å². The van der Waals surface area contributed by atoms with Gasteiger partial charge in [0.15, 0.2) is 0 Å². The van der Waals surface area contributed by atoms with Crippen molar-refractivity contribution in [1.82, 2.24) is 14.9 Å². The van der Waals surface area contributed by atoms with Gasteiger partial charge in [-0.25, -0.2) is 17.7 Å². The van der Waals surface area contributed by atoms with Crippen LogP contribution in [0.2, 0.25) is 5.02 Å². The average Bonchev–Trinajstić information content (AvgIpc) is 3.01. The van der Waals surface area contributed by atoms with Gasteiger partial charge in [0.05, 0.1) is 17.0 Å². The van der Waals surface area contributed by atoms with E-state index in [1.54, 1.807) is 59.4 Å². The number of pyridine rings is 1. The number of carbonyl (C=O) groups is 1. The van der Waals surface area contributed by atoms with Gasteiger partial charge < -0.3 is 10.6 Å². The van der Waals surface area contributed by atoms with Crippen LogP contribution >= 0.6 is 11.6 Å². The maximum absolute atomic E-state index is 12.1. The number of nitrogens with zero attached hydrogens (tertiary/aromatic N) is 2. The number of hydrogen-bond donors (Lipinski definition) is 3. The lowest BCUT2D eigenvalue weighted by molar-refractivity contribution is 0.252. The summed E-state index contributed by atoms with van der Waals surface area (Å²) in [4.78, 5) is 11.8. The van der Waals surface area contributed by atoms with Crippen LogP contribution in [0.15, 0.2) is 54.9 Å². The Bertz CT molecular complexity index is 1040. The van der Waals surface area contributed by atoms with Crippen molar-refractivity contribution in [3.63, 3.8) is 0 Å². The fourth-order valence-corrected chi connectivity index (χ4v) is 3.41. The first kappa shape index (κ1) is 18.0. The topological polar surface area (TPSA) is 105 Å². The molecule has 0 saturated heterocycles. The highest BCUT2D eigenvalue weighted by Gasteiger charge is 2.12. The standard InChI is InChI=1S/C16H16ClN5O3S/c17-12-2-1-3-13(10-12)20-16(23)18-7-9-26(24,25)21-14-5-8-22-15(11-14)4-6-19-22/h1-6,8,10-11,21H,7,9H2,(H2,18,20,23). The van der Waals surface area contributed by atoms with Crippen molar-refractivity contribution >= 4 is 44.5 Å². The molecule has 0 atom stereocenters. The van der Waals surface area contributed by atoms with E-state index in [1.165, 1.54) is 0 Å². The number of benzene rings is 1. The lowest BCUT2D eigenvalue weighted by Gasteiger charge is -2.10. The first-order chi connectivity index (χ1) is 12.4. The summed E-state index contributed by atoms with van der Waals surface area (Å²) in [5.74, 6) is -0.263. The van der Waals surface area contributed by atoms with E-state index in [4.69, 9.17) is 11.6 Å². The number of halogens is 1. The van der Waals surface area contributed by atoms with Gasteiger partial charge in [-0.3, -0.25) is 4.72 Å². The van der Waals surface area contributed by atoms with Crippen LogP contribution in [0.25, 0.3) is 5.52 Å². The summed E-state index contributed by atoms with van der Waals surface area (Å²) in [6.07, 6.45) is 3.28. The van der Waals surface area contributed by atoms with Crippen molar-refractivity contribution in [1.29, 1.82) is 0 Å². The van der Waals surface area contributed by atoms with Gasteiger partial charge in [-0.05, 0) is 36.4 Å². The Morgan fingerprint density at radius 3 is 2.81 bits per heavy atom. The molecule has 2 heterocycles. The molecule has 0 saturated carbocycles. The summed E-state index contributed by atoms with van der Waals surface area (Å²) in [5.41, 5.74) is 1.72. The molecule has 1 aromatic carbocycles. The molecule has 0 unspecified atom stereocenters. The first-order valence-electron chi connectivity index (χ1n) is 7.66. The minimum absolute atomic E-state index is 0.0450. The number of urea groups is 1. The van der Waals surface area contributed by atoms with Crippen molar-refractivity contribution in [2.24, 2.45) is 0 Å². The SMILES string of the molecule is O=C(NCCS(=O)(=O)Nc1ccn2nccc2c1)Nc1cccc(Cl)c1. The van der Waals surface area contributed by atoms with Crippen LogP contribution in [-0.4, -0.2) is 36.4 Å². The van der Waals surface area contributed by atoms with E-state index in [0.29, 0.717) is 16.4 Å². The number of carbonyl (C=O) groups excluding carboxylic acids is 1. The van der Waals surface area contributed by atoms with Gasteiger partial charge >= 0.3 is 6.03 Å². The molecule has 0 fully saturated rings. The number of aromatic nitrogens is 2. The molecule has 0 aliphatic rings. The minimum atomic E-state index is -3.60. The van der Waals surface area contributed by atoms with Crippen LogP contribution in [0.1, 0.15) is 0 Å². The molecular formula is C16H16ClN5O3S. The Balaban J connectivity index is 1.50. The predicted octanol–water partition coefficient (Wildman–Crippen LogP) is 2.55. The monoisotopic (exact) mass is 393 g/mol. The third-order valence-corrected chi connectivity index (χ3v) is 4.94. The molecule has 0 radical (unpaired) electrons. The number of rotatable bonds is 6. The second kappa shape index (κ2) is 7.63. The van der Waals surface area contributed by atoms with Crippen molar-refractivity contribution in [2.75, 3.05) is 22.3 Å². The highest BCUT2D eigenvalue weighted by molar-refractivity contribution is 7.92. The van der Waals surface area contributed by atoms with Crippen LogP contribution in [0.3, 0.4) is 0 Å². The Morgan fingerprint density at radius 1 is 1.15 bits per heavy atom. The molecule has 26 heavy (non-hydrogen) atoms. The van der Waals surface area contributed by atoms with Crippen molar-refractivity contribution in [3.05, 3.63) is 59.9 Å². The summed E-state index contributed by atoms with van der Waals surface area (Å²) in [7, 11) is -3.60. The third kappa shape index (κ3) is 4.87. The normalized spacial score (nSPS) is 11.3. The van der Waals surface area contributed by atoms with Gasteiger partial charge in [0.2, 0.25) is 10.0 Å². The van der Waals surface area contributed by atoms with E-state index in [1.807, 2.05) is 0 Å². The summed E-state index contributed by atoms with van der Waals surface area (Å²) >= 11 is 5.83. The fourth-order valence-electron chi connectivity index (χ4n) is 2.26. The molecule has 136 valence electrons. The maximum atomic E-state index is 12.1. The molecule has 10 heteroatoms. The summed E-state index contributed by atoms with van der Waals surface area (Å²) in [6, 6.07) is 11.2. The van der Waals surface area contributed by atoms with E-state index in [-0.39, 0.29) is 12.3 Å². The largest absolute Gasteiger partial charge is 0.337 e. The van der Waals surface area contributed by atoms with Gasteiger partial charge in [0.1, 0.15) is 0 Å². The number of nitrogens with one attached hydrogen (secondary N) is 3. The summed E-state index contributed by atoms with van der Waals surface area (Å²) in [5, 5.41) is 9.60. The smallest absolute Gasteiger partial charge is 0.319 e. The molecule has 2 aromatic heterocycles. The molecule has 3 N–H and O–H groups in total. The number of amides is 2. The Kier molecular flexibility index (Phi) is 5.29. The zero-order valence-corrected chi connectivity index (χ0v) is 15.1. The van der Waals surface area contributed by atoms with Crippen LogP contribution in [0.4, 0.5) is 16.2 Å². The molecule has 3 rings (SSSR count). The summed E-state index contributed by atoms with van der Waals surface area (Å²) < 4.78 is 28.4. The molecule has 3 aromatic rings. The van der Waals surface area contributed by atoms with Gasteiger partial charge in [0, 0.05) is 29.6 Å². The highest BCUT2D eigenvalue weighted by atomic mass is 35.5. The van der Waals surface area contributed by atoms with Crippen molar-refractivity contribution in [2.45, 2.75) is 0 Å². The maximum Gasteiger partial charge on any atom is 0.319 e. The van der Waals surface area contributed by atoms with Gasteiger partial charge in [-0.2, -0.15) is 5.10 Å². The fraction of sp³-hybridized carbons (Fsp3) is 0.125. The van der Waals surface area contributed by atoms with E-state index in [0.717, 1.165) is 5.52 Å². The van der Waals surface area contributed by atoms with Crippen molar-refractivity contribution in [3.8, 4) is 0 Å². The van der Waals surface area contributed by atoms with Gasteiger partial charge in [-0.15, -0.1) is 0 Å². The minimum Gasteiger partial charge on any atom is -0.337 e. The lowest BCUT2D eigenvalue weighted by Crippen LogP contribution is -2.34. The first-order valence-corrected chi connectivity index (χ1v) is 9.69. The van der Waals surface area contributed by atoms with E-state index >= 15 is 0 Å². The van der Waals surface area contributed by atoms with Crippen LogP contribution in [-0.2, 0) is 10.0 Å². The van der Waals surface area contributed by atoms with E-state index < -0.39 is 16.1 Å². The number of sulfonamides is 1. The third-order valence-electron chi connectivity index (χ3n) is 3.41. The van der Waals surface area contributed by atoms with Crippen LogP contribution in [0, 0.1) is 0 Å². The molecule has 0 bridgehead atoms. The second-order valence-corrected chi connectivity index (χ2v) is 7.71. The lowest BCUT2D eigenvalue weighted by atomic mass is 10.3. The summed E-state index contributed by atoms with van der Waals surface area (Å²) in [6.45, 7) is -0.0450. The second-order valence-electron chi connectivity index (χ2n) is 5.43. The van der Waals surface area contributed by atoms with Gasteiger partial charge in [-0.1, -0.05) is 17.7 Å². The van der Waals surface area contributed by atoms with E-state index in [9.17, 15) is 13.2 Å². The molecule has 0 spiro atoms. The Hall–Kier alpha value is -2.78. The van der Waals surface area contributed by atoms with Crippen molar-refractivity contribution < 1.29 is 13.2 Å². The average molecular weight is 394 g/mol. The molecule has 2 amide bonds. The zero-order chi connectivity index (χ0) is 18.6. The molecule has 8 nitrogen and oxygen atoms in total. The molecular weight excluding hydrogens is 378 g/mol. The molecule has 0 aliphatic heterocycles. The Labute approximate surface area is 155 Å². The van der Waals surface area contributed by atoms with E-state index in [2.05, 4.69) is 20.5 Å². The Morgan fingerprint density at radius 2 is 2.00 bits per heavy atom.